The molecule has 0 bridgehead atoms. The highest BCUT2D eigenvalue weighted by molar-refractivity contribution is 6.10. The summed E-state index contributed by atoms with van der Waals surface area (Å²) < 4.78 is 2.14. The lowest BCUT2D eigenvalue weighted by Gasteiger charge is -2.13. The summed E-state index contributed by atoms with van der Waals surface area (Å²) in [4.78, 5) is 3.63. The Bertz CT molecular complexity index is 2320. The van der Waals surface area contributed by atoms with Crippen LogP contribution in [0.15, 0.2) is 133 Å². The molecule has 6 aromatic carbocycles. The summed E-state index contributed by atoms with van der Waals surface area (Å²) >= 11 is 0. The number of aromatic nitrogens is 1. The third kappa shape index (κ3) is 4.58. The standard InChI is InChI=1S/C39H22N4/c1-42-34-14-15-39-37(23-34)36-12-5-6-13-38(36)43(39)35-19-27(25-41)18-33(22-35)32-17-26(24-40)16-31(21-32)30-11-7-10-29(20-30)28-8-3-2-4-9-28/h2-23H. The second-order valence-corrected chi connectivity index (χ2v) is 10.4. The highest BCUT2D eigenvalue weighted by atomic mass is 15.0. The van der Waals surface area contributed by atoms with Crippen molar-refractivity contribution in [1.82, 2.24) is 4.57 Å². The summed E-state index contributed by atoms with van der Waals surface area (Å²) in [6, 6.07) is 48.7. The van der Waals surface area contributed by atoms with E-state index in [1.807, 2.05) is 78.9 Å². The minimum Gasteiger partial charge on any atom is -0.309 e. The molecular formula is C39H22N4. The number of hydrogen-bond donors (Lipinski definition) is 0. The zero-order valence-corrected chi connectivity index (χ0v) is 23.0. The van der Waals surface area contributed by atoms with E-state index in [1.54, 1.807) is 0 Å². The van der Waals surface area contributed by atoms with E-state index in [0.717, 1.165) is 60.9 Å². The van der Waals surface area contributed by atoms with Crippen LogP contribution >= 0.6 is 0 Å². The van der Waals surface area contributed by atoms with Gasteiger partial charge in [0.2, 0.25) is 0 Å². The molecule has 0 radical (unpaired) electrons. The molecule has 4 heteroatoms. The molecule has 0 aliphatic rings. The Morgan fingerprint density at radius 3 is 1.81 bits per heavy atom. The van der Waals surface area contributed by atoms with Crippen LogP contribution in [0.2, 0.25) is 0 Å². The Hall–Kier alpha value is -6.41. The number of para-hydroxylation sites is 1. The smallest absolute Gasteiger partial charge is 0.188 e. The van der Waals surface area contributed by atoms with Crippen LogP contribution in [0.3, 0.4) is 0 Å². The summed E-state index contributed by atoms with van der Waals surface area (Å²) in [7, 11) is 0. The van der Waals surface area contributed by atoms with Crippen molar-refractivity contribution in [3.05, 3.63) is 156 Å². The highest BCUT2D eigenvalue weighted by Crippen LogP contribution is 2.37. The van der Waals surface area contributed by atoms with Gasteiger partial charge in [0, 0.05) is 11.1 Å². The Labute approximate surface area is 249 Å². The van der Waals surface area contributed by atoms with Crippen LogP contribution in [-0.4, -0.2) is 4.57 Å². The molecule has 198 valence electrons. The molecule has 0 aliphatic heterocycles. The number of nitrogens with zero attached hydrogens (tertiary/aromatic N) is 4. The quantitative estimate of drug-likeness (QED) is 0.206. The Morgan fingerprint density at radius 1 is 0.488 bits per heavy atom. The largest absolute Gasteiger partial charge is 0.309 e. The molecule has 0 saturated carbocycles. The lowest BCUT2D eigenvalue weighted by atomic mass is 9.93. The first-order valence-electron chi connectivity index (χ1n) is 13.8. The van der Waals surface area contributed by atoms with Crippen LogP contribution in [0, 0.1) is 29.2 Å². The second-order valence-electron chi connectivity index (χ2n) is 10.4. The lowest BCUT2D eigenvalue weighted by molar-refractivity contribution is 1.18. The van der Waals surface area contributed by atoms with Gasteiger partial charge >= 0.3 is 0 Å². The number of hydrogen-bond acceptors (Lipinski definition) is 2. The maximum absolute atomic E-state index is 10.1. The fourth-order valence-electron chi connectivity index (χ4n) is 5.81. The van der Waals surface area contributed by atoms with Crippen LogP contribution in [0.4, 0.5) is 5.69 Å². The first-order chi connectivity index (χ1) is 21.1. The van der Waals surface area contributed by atoms with Gasteiger partial charge in [0.25, 0.3) is 0 Å². The fourth-order valence-corrected chi connectivity index (χ4v) is 5.81. The van der Waals surface area contributed by atoms with Gasteiger partial charge in [0.05, 0.1) is 40.9 Å². The van der Waals surface area contributed by atoms with Gasteiger partial charge in [-0.3, -0.25) is 0 Å². The van der Waals surface area contributed by atoms with Crippen molar-refractivity contribution in [3.8, 4) is 51.2 Å². The van der Waals surface area contributed by atoms with Gasteiger partial charge in [-0.2, -0.15) is 10.5 Å². The normalized spacial score (nSPS) is 10.7. The molecule has 0 saturated heterocycles. The van der Waals surface area contributed by atoms with Gasteiger partial charge in [-0.1, -0.05) is 72.8 Å². The second kappa shape index (κ2) is 10.5. The van der Waals surface area contributed by atoms with Crippen LogP contribution in [0.1, 0.15) is 11.1 Å². The summed E-state index contributed by atoms with van der Waals surface area (Å²) in [6.07, 6.45) is 0. The number of benzene rings is 6. The minimum atomic E-state index is 0.520. The predicted molar refractivity (Wildman–Crippen MR) is 173 cm³/mol. The monoisotopic (exact) mass is 546 g/mol. The van der Waals surface area contributed by atoms with E-state index in [4.69, 9.17) is 6.57 Å². The zero-order chi connectivity index (χ0) is 29.3. The molecule has 7 aromatic rings. The lowest BCUT2D eigenvalue weighted by Crippen LogP contribution is -1.96. The van der Waals surface area contributed by atoms with Crippen LogP contribution in [0.25, 0.3) is 65.7 Å². The number of fused-ring (bicyclic) bond motifs is 3. The molecule has 0 fully saturated rings. The summed E-state index contributed by atoms with van der Waals surface area (Å²) in [6.45, 7) is 7.50. The molecular weight excluding hydrogens is 524 g/mol. The SMILES string of the molecule is [C-]#[N+]c1ccc2c(c1)c1ccccc1n2-c1cc(C#N)cc(-c2cc(C#N)cc(-c3cccc(-c4ccccc4)c3)c2)c1. The van der Waals surface area contributed by atoms with Gasteiger partial charge < -0.3 is 4.57 Å². The van der Waals surface area contributed by atoms with Crippen molar-refractivity contribution in [2.24, 2.45) is 0 Å². The van der Waals surface area contributed by atoms with E-state index < -0.39 is 0 Å². The fraction of sp³-hybridized carbons (Fsp3) is 0. The molecule has 0 N–H and O–H groups in total. The Kier molecular flexibility index (Phi) is 6.26. The summed E-state index contributed by atoms with van der Waals surface area (Å²) in [5.74, 6) is 0. The third-order valence-corrected chi connectivity index (χ3v) is 7.79. The molecule has 0 aliphatic carbocycles. The van der Waals surface area contributed by atoms with Gasteiger partial charge in [-0.15, -0.1) is 0 Å². The van der Waals surface area contributed by atoms with Gasteiger partial charge in [0.1, 0.15) is 0 Å². The highest BCUT2D eigenvalue weighted by Gasteiger charge is 2.15. The molecule has 1 heterocycles. The molecule has 43 heavy (non-hydrogen) atoms. The average molecular weight is 547 g/mol. The van der Waals surface area contributed by atoms with E-state index in [0.29, 0.717) is 16.8 Å². The van der Waals surface area contributed by atoms with E-state index in [2.05, 4.69) is 76.1 Å². The zero-order valence-electron chi connectivity index (χ0n) is 23.0. The first-order valence-corrected chi connectivity index (χ1v) is 13.8. The summed E-state index contributed by atoms with van der Waals surface area (Å²) in [5, 5.41) is 22.1. The topological polar surface area (TPSA) is 56.9 Å². The van der Waals surface area contributed by atoms with E-state index in [1.165, 1.54) is 0 Å². The van der Waals surface area contributed by atoms with Crippen LogP contribution in [-0.2, 0) is 0 Å². The Balaban J connectivity index is 1.42. The van der Waals surface area contributed by atoms with Crippen molar-refractivity contribution < 1.29 is 0 Å². The maximum Gasteiger partial charge on any atom is 0.188 e. The molecule has 1 aromatic heterocycles. The van der Waals surface area contributed by atoms with Crippen LogP contribution in [0.5, 0.6) is 0 Å². The number of rotatable bonds is 4. The van der Waals surface area contributed by atoms with Gasteiger partial charge in [0.15, 0.2) is 5.69 Å². The van der Waals surface area contributed by atoms with Crippen molar-refractivity contribution >= 4 is 27.5 Å². The Morgan fingerprint density at radius 2 is 1.07 bits per heavy atom. The summed E-state index contributed by atoms with van der Waals surface area (Å²) in [5.41, 5.74) is 10.3. The van der Waals surface area contributed by atoms with Gasteiger partial charge in [-0.25, -0.2) is 4.85 Å². The van der Waals surface area contributed by atoms with Crippen molar-refractivity contribution in [3.63, 3.8) is 0 Å². The molecule has 4 nitrogen and oxygen atoms in total. The first kappa shape index (κ1) is 25.6. The number of nitriles is 2. The van der Waals surface area contributed by atoms with Crippen LogP contribution < -0.4 is 0 Å². The molecule has 0 unspecified atom stereocenters. The molecule has 0 spiro atoms. The minimum absolute atomic E-state index is 0.520. The molecule has 0 atom stereocenters. The molecule has 0 amide bonds. The van der Waals surface area contributed by atoms with Crippen molar-refractivity contribution in [2.75, 3.05) is 0 Å². The van der Waals surface area contributed by atoms with E-state index >= 15 is 0 Å². The van der Waals surface area contributed by atoms with Gasteiger partial charge in [-0.05, 0) is 99.4 Å². The predicted octanol–water partition coefficient (Wildman–Crippen LogP) is 10.1. The third-order valence-electron chi connectivity index (χ3n) is 7.79. The average Bonchev–Trinajstić information content (AvgIpc) is 3.42. The van der Waals surface area contributed by atoms with Crippen molar-refractivity contribution in [1.29, 1.82) is 10.5 Å². The maximum atomic E-state index is 10.1. The van der Waals surface area contributed by atoms with E-state index in [-0.39, 0.29) is 0 Å². The van der Waals surface area contributed by atoms with Crippen molar-refractivity contribution in [2.45, 2.75) is 0 Å². The van der Waals surface area contributed by atoms with E-state index in [9.17, 15) is 10.5 Å². The molecule has 7 rings (SSSR count).